The van der Waals surface area contributed by atoms with Gasteiger partial charge in [-0.1, -0.05) is 18.7 Å². The van der Waals surface area contributed by atoms with Gasteiger partial charge >= 0.3 is 0 Å². The molecule has 2 rings (SSSR count). The summed E-state index contributed by atoms with van der Waals surface area (Å²) in [6.45, 7) is 3.86. The van der Waals surface area contributed by atoms with Crippen molar-refractivity contribution in [2.24, 2.45) is 5.92 Å². The molecule has 0 amide bonds. The SMILES string of the molecule is C=Cc1ccc(N(C)C)cc1CC1=CC(=CC(C#N)C#N)C=CO1. The van der Waals surface area contributed by atoms with Crippen LogP contribution in [0.15, 0.2) is 60.6 Å². The predicted molar refractivity (Wildman–Crippen MR) is 95.7 cm³/mol. The summed E-state index contributed by atoms with van der Waals surface area (Å²) in [5, 5.41) is 17.8. The maximum Gasteiger partial charge on any atom is 0.152 e. The Hall–Kier alpha value is -3.24. The van der Waals surface area contributed by atoms with E-state index in [4.69, 9.17) is 15.3 Å². The van der Waals surface area contributed by atoms with Gasteiger partial charge in [0.1, 0.15) is 5.76 Å². The summed E-state index contributed by atoms with van der Waals surface area (Å²) < 4.78 is 5.59. The van der Waals surface area contributed by atoms with Gasteiger partial charge in [-0.25, -0.2) is 0 Å². The molecule has 0 bridgehead atoms. The molecule has 1 aliphatic heterocycles. The van der Waals surface area contributed by atoms with Crippen LogP contribution in [0.2, 0.25) is 0 Å². The molecule has 24 heavy (non-hydrogen) atoms. The molecule has 1 heterocycles. The molecule has 0 saturated carbocycles. The van der Waals surface area contributed by atoms with E-state index in [2.05, 4.69) is 12.6 Å². The van der Waals surface area contributed by atoms with Crippen molar-refractivity contribution in [1.82, 2.24) is 0 Å². The predicted octanol–water partition coefficient (Wildman–Crippen LogP) is 3.96. The van der Waals surface area contributed by atoms with Gasteiger partial charge in [0.2, 0.25) is 0 Å². The number of hydrogen-bond donors (Lipinski definition) is 0. The van der Waals surface area contributed by atoms with Crippen molar-refractivity contribution in [2.75, 3.05) is 19.0 Å². The fourth-order valence-corrected chi connectivity index (χ4v) is 2.37. The Morgan fingerprint density at radius 1 is 1.29 bits per heavy atom. The molecule has 0 aliphatic carbocycles. The molecule has 0 atom stereocenters. The van der Waals surface area contributed by atoms with E-state index in [9.17, 15) is 0 Å². The topological polar surface area (TPSA) is 60.0 Å². The molecule has 0 radical (unpaired) electrons. The summed E-state index contributed by atoms with van der Waals surface area (Å²) >= 11 is 0. The maximum atomic E-state index is 8.90. The van der Waals surface area contributed by atoms with E-state index in [0.717, 1.165) is 28.1 Å². The first-order chi connectivity index (χ1) is 11.6. The average molecular weight is 317 g/mol. The zero-order valence-corrected chi connectivity index (χ0v) is 13.9. The lowest BCUT2D eigenvalue weighted by atomic mass is 10.00. The molecule has 0 fully saturated rings. The fraction of sp³-hybridized carbons (Fsp3) is 0.200. The Morgan fingerprint density at radius 3 is 2.67 bits per heavy atom. The standard InChI is InChI=1S/C20H19N3O/c1-4-17-5-6-19(23(2)3)11-18(17)12-20-10-15(7-8-24-20)9-16(13-21)14-22/h4-11,16H,1,12H2,2-3H3. The average Bonchev–Trinajstić information content (AvgIpc) is 2.59. The molecular formula is C20H19N3O. The van der Waals surface area contributed by atoms with Crippen LogP contribution in [-0.4, -0.2) is 14.1 Å². The van der Waals surface area contributed by atoms with Crippen LogP contribution in [0.25, 0.3) is 6.08 Å². The van der Waals surface area contributed by atoms with Crippen LogP contribution in [0.5, 0.6) is 0 Å². The van der Waals surface area contributed by atoms with Crippen molar-refractivity contribution in [3.63, 3.8) is 0 Å². The first-order valence-electron chi connectivity index (χ1n) is 7.55. The third-order valence-corrected chi connectivity index (χ3v) is 3.67. The zero-order valence-electron chi connectivity index (χ0n) is 13.9. The third-order valence-electron chi connectivity index (χ3n) is 3.67. The summed E-state index contributed by atoms with van der Waals surface area (Å²) in [5.74, 6) is -0.00144. The second kappa shape index (κ2) is 7.85. The molecule has 0 aromatic heterocycles. The zero-order chi connectivity index (χ0) is 17.5. The number of rotatable bonds is 5. The first-order valence-corrected chi connectivity index (χ1v) is 7.55. The summed E-state index contributed by atoms with van der Waals surface area (Å²) in [7, 11) is 3.99. The Bertz CT molecular complexity index is 787. The van der Waals surface area contributed by atoms with Crippen LogP contribution in [0, 0.1) is 28.6 Å². The molecule has 0 spiro atoms. The minimum Gasteiger partial charge on any atom is -0.469 e. The molecule has 0 unspecified atom stereocenters. The van der Waals surface area contributed by atoms with Gasteiger partial charge in [0.05, 0.1) is 18.4 Å². The van der Waals surface area contributed by atoms with Crippen LogP contribution in [0.1, 0.15) is 11.1 Å². The van der Waals surface area contributed by atoms with E-state index >= 15 is 0 Å². The van der Waals surface area contributed by atoms with E-state index < -0.39 is 5.92 Å². The third kappa shape index (κ3) is 4.15. The van der Waals surface area contributed by atoms with Gasteiger partial charge in [-0.05, 0) is 47.1 Å². The monoisotopic (exact) mass is 317 g/mol. The first kappa shape index (κ1) is 17.1. The second-order valence-corrected chi connectivity index (χ2v) is 5.59. The van der Waals surface area contributed by atoms with Crippen molar-refractivity contribution in [2.45, 2.75) is 6.42 Å². The fourth-order valence-electron chi connectivity index (χ4n) is 2.37. The molecule has 4 nitrogen and oxygen atoms in total. The van der Waals surface area contributed by atoms with Crippen molar-refractivity contribution in [3.05, 3.63) is 71.7 Å². The quantitative estimate of drug-likeness (QED) is 0.825. The van der Waals surface area contributed by atoms with E-state index in [1.165, 1.54) is 0 Å². The molecule has 1 aromatic rings. The molecule has 4 heteroatoms. The highest BCUT2D eigenvalue weighted by atomic mass is 16.5. The van der Waals surface area contributed by atoms with Crippen molar-refractivity contribution < 1.29 is 4.74 Å². The van der Waals surface area contributed by atoms with Gasteiger partial charge in [0, 0.05) is 26.2 Å². The lowest BCUT2D eigenvalue weighted by Gasteiger charge is -2.17. The van der Waals surface area contributed by atoms with Gasteiger partial charge in [-0.3, -0.25) is 0 Å². The highest BCUT2D eigenvalue weighted by molar-refractivity contribution is 5.60. The van der Waals surface area contributed by atoms with E-state index in [-0.39, 0.29) is 0 Å². The minimum atomic E-state index is -0.763. The van der Waals surface area contributed by atoms with Crippen LogP contribution >= 0.6 is 0 Å². The summed E-state index contributed by atoms with van der Waals surface area (Å²) in [6.07, 6.45) is 9.24. The lowest BCUT2D eigenvalue weighted by Crippen LogP contribution is -2.09. The van der Waals surface area contributed by atoms with Crippen LogP contribution in [0.4, 0.5) is 5.69 Å². The molecule has 120 valence electrons. The van der Waals surface area contributed by atoms with Crippen LogP contribution in [-0.2, 0) is 11.2 Å². The van der Waals surface area contributed by atoms with Crippen molar-refractivity contribution in [1.29, 1.82) is 10.5 Å². The maximum absolute atomic E-state index is 8.90. The molecule has 0 saturated heterocycles. The lowest BCUT2D eigenvalue weighted by molar-refractivity contribution is 0.336. The van der Waals surface area contributed by atoms with Crippen molar-refractivity contribution in [3.8, 4) is 12.1 Å². The summed E-state index contributed by atoms with van der Waals surface area (Å²) in [5.41, 5.74) is 4.06. The number of hydrogen-bond acceptors (Lipinski definition) is 4. The number of benzene rings is 1. The van der Waals surface area contributed by atoms with E-state index in [1.54, 1.807) is 18.4 Å². The highest BCUT2D eigenvalue weighted by Crippen LogP contribution is 2.24. The molecule has 0 N–H and O–H groups in total. The number of allylic oxidation sites excluding steroid dienone is 5. The van der Waals surface area contributed by atoms with Gasteiger partial charge < -0.3 is 9.64 Å². The Morgan fingerprint density at radius 2 is 2.04 bits per heavy atom. The van der Waals surface area contributed by atoms with Gasteiger partial charge in [-0.2, -0.15) is 10.5 Å². The Balaban J connectivity index is 2.29. The largest absolute Gasteiger partial charge is 0.469 e. The Kier molecular flexibility index (Phi) is 5.60. The number of ether oxygens (including phenoxy) is 1. The van der Waals surface area contributed by atoms with Crippen LogP contribution in [0.3, 0.4) is 0 Å². The summed E-state index contributed by atoms with van der Waals surface area (Å²) in [4.78, 5) is 2.04. The normalized spacial score (nSPS) is 14.5. The Labute approximate surface area is 142 Å². The molecule has 1 aromatic carbocycles. The number of anilines is 1. The second-order valence-electron chi connectivity index (χ2n) is 5.59. The van der Waals surface area contributed by atoms with Crippen LogP contribution < -0.4 is 4.90 Å². The number of nitrogens with zero attached hydrogens (tertiary/aromatic N) is 3. The minimum absolute atomic E-state index is 0.606. The smallest absolute Gasteiger partial charge is 0.152 e. The van der Waals surface area contributed by atoms with Gasteiger partial charge in [-0.15, -0.1) is 0 Å². The van der Waals surface area contributed by atoms with E-state index in [1.807, 2.05) is 55.4 Å². The van der Waals surface area contributed by atoms with Gasteiger partial charge in [0.15, 0.2) is 5.92 Å². The summed E-state index contributed by atoms with van der Waals surface area (Å²) in [6, 6.07) is 10.1. The number of nitriles is 2. The highest BCUT2D eigenvalue weighted by Gasteiger charge is 2.11. The van der Waals surface area contributed by atoms with Crippen molar-refractivity contribution >= 4 is 11.8 Å². The molecular weight excluding hydrogens is 298 g/mol. The van der Waals surface area contributed by atoms with E-state index in [0.29, 0.717) is 6.42 Å². The molecule has 1 aliphatic rings. The van der Waals surface area contributed by atoms with Gasteiger partial charge in [0.25, 0.3) is 0 Å².